The first-order valence-corrected chi connectivity index (χ1v) is 11.2. The smallest absolute Gasteiger partial charge is 0.343 e. The Balaban J connectivity index is 1.66. The number of nitrogens with zero attached hydrogens (tertiary/aromatic N) is 2. The standard InChI is InChI=1S/C26H20N2O6S/c1-32-18-14-13-17-19(22(18)33-2)25(31)34-21(17)20-23(29)27(15-9-5-3-6-10-15)26(35)28(24(20)30)16-11-7-4-8-12-16/h3-14,20-21H,1-2H3/t21-/m0/s1. The lowest BCUT2D eigenvalue weighted by atomic mass is 9.89. The average molecular weight is 489 g/mol. The fraction of sp³-hybridized carbons (Fsp3) is 0.154. The van der Waals surface area contributed by atoms with Gasteiger partial charge in [-0.25, -0.2) is 4.79 Å². The highest BCUT2D eigenvalue weighted by atomic mass is 32.1. The van der Waals surface area contributed by atoms with Crippen LogP contribution < -0.4 is 19.3 Å². The number of hydrogen-bond acceptors (Lipinski definition) is 7. The minimum atomic E-state index is -1.37. The van der Waals surface area contributed by atoms with Crippen LogP contribution in [0.15, 0.2) is 72.8 Å². The maximum absolute atomic E-state index is 13.8. The van der Waals surface area contributed by atoms with Crippen LogP contribution in [0.4, 0.5) is 11.4 Å². The van der Waals surface area contributed by atoms with E-state index in [1.807, 2.05) is 12.1 Å². The molecule has 0 bridgehead atoms. The molecule has 35 heavy (non-hydrogen) atoms. The first-order chi connectivity index (χ1) is 17.0. The van der Waals surface area contributed by atoms with Gasteiger partial charge in [-0.15, -0.1) is 0 Å². The van der Waals surface area contributed by atoms with Gasteiger partial charge in [-0.05, 0) is 42.5 Å². The Bertz CT molecular complexity index is 1280. The fourth-order valence-electron chi connectivity index (χ4n) is 4.44. The molecule has 9 heteroatoms. The Labute approximate surface area is 206 Å². The number of para-hydroxylation sites is 2. The SMILES string of the molecule is COc1ccc2c(c1OC)C(=O)O[C@@H]2C1C(=O)N(c2ccccc2)C(=S)N(c2ccccc2)C1=O. The van der Waals surface area contributed by atoms with Crippen molar-refractivity contribution in [2.75, 3.05) is 24.0 Å². The van der Waals surface area contributed by atoms with Crippen molar-refractivity contribution in [2.24, 2.45) is 5.92 Å². The summed E-state index contributed by atoms with van der Waals surface area (Å²) in [5, 5.41) is 0.0190. The van der Waals surface area contributed by atoms with E-state index < -0.39 is 29.8 Å². The molecule has 176 valence electrons. The summed E-state index contributed by atoms with van der Waals surface area (Å²) in [4.78, 5) is 43.2. The first kappa shape index (κ1) is 22.5. The van der Waals surface area contributed by atoms with Crippen molar-refractivity contribution in [3.8, 4) is 11.5 Å². The third-order valence-electron chi connectivity index (χ3n) is 6.01. The maximum atomic E-state index is 13.8. The molecule has 1 atom stereocenters. The molecule has 2 aliphatic rings. The summed E-state index contributed by atoms with van der Waals surface area (Å²) in [6, 6.07) is 20.8. The zero-order valence-corrected chi connectivity index (χ0v) is 19.7. The van der Waals surface area contributed by atoms with Crippen LogP contribution in [0.25, 0.3) is 0 Å². The number of ether oxygens (including phenoxy) is 3. The van der Waals surface area contributed by atoms with Gasteiger partial charge in [-0.3, -0.25) is 19.4 Å². The van der Waals surface area contributed by atoms with Crippen LogP contribution in [0.1, 0.15) is 22.0 Å². The molecule has 2 amide bonds. The molecule has 3 aromatic rings. The summed E-state index contributed by atoms with van der Waals surface area (Å²) in [5.41, 5.74) is 1.49. The molecule has 0 aromatic heterocycles. The van der Waals surface area contributed by atoms with Gasteiger partial charge < -0.3 is 14.2 Å². The van der Waals surface area contributed by atoms with Gasteiger partial charge in [-0.1, -0.05) is 42.5 Å². The number of anilines is 2. The Morgan fingerprint density at radius 2 is 1.31 bits per heavy atom. The van der Waals surface area contributed by atoms with E-state index in [1.165, 1.54) is 24.0 Å². The van der Waals surface area contributed by atoms with E-state index in [1.54, 1.807) is 60.7 Å². The minimum Gasteiger partial charge on any atom is -0.493 e. The van der Waals surface area contributed by atoms with Crippen LogP contribution >= 0.6 is 12.2 Å². The molecule has 0 spiro atoms. The Morgan fingerprint density at radius 1 is 0.771 bits per heavy atom. The predicted octanol–water partition coefficient (Wildman–Crippen LogP) is 3.90. The number of rotatable bonds is 5. The minimum absolute atomic E-state index is 0.0190. The van der Waals surface area contributed by atoms with Crippen molar-refractivity contribution in [3.63, 3.8) is 0 Å². The van der Waals surface area contributed by atoms with Gasteiger partial charge in [0, 0.05) is 5.56 Å². The summed E-state index contributed by atoms with van der Waals surface area (Å²) in [5.74, 6) is -2.72. The van der Waals surface area contributed by atoms with Crippen molar-refractivity contribution in [2.45, 2.75) is 6.10 Å². The van der Waals surface area contributed by atoms with E-state index in [0.717, 1.165) is 0 Å². The number of fused-ring (bicyclic) bond motifs is 1. The zero-order valence-electron chi connectivity index (χ0n) is 18.8. The molecule has 3 aromatic carbocycles. The molecule has 1 fully saturated rings. The number of amides is 2. The average Bonchev–Trinajstić information content (AvgIpc) is 3.20. The summed E-state index contributed by atoms with van der Waals surface area (Å²) in [6.07, 6.45) is -1.17. The number of carbonyl (C=O) groups excluding carboxylic acids is 3. The molecule has 0 aliphatic carbocycles. The van der Waals surface area contributed by atoms with Crippen LogP contribution in [0.2, 0.25) is 0 Å². The van der Waals surface area contributed by atoms with Crippen molar-refractivity contribution in [1.29, 1.82) is 0 Å². The number of methoxy groups -OCH3 is 2. The molecular weight excluding hydrogens is 468 g/mol. The highest BCUT2D eigenvalue weighted by Gasteiger charge is 2.53. The molecule has 0 N–H and O–H groups in total. The molecule has 2 aliphatic heterocycles. The molecular formula is C26H20N2O6S. The van der Waals surface area contributed by atoms with E-state index in [0.29, 0.717) is 22.7 Å². The third-order valence-corrected chi connectivity index (χ3v) is 6.37. The number of carbonyl (C=O) groups is 3. The van der Waals surface area contributed by atoms with Gasteiger partial charge in [-0.2, -0.15) is 0 Å². The highest BCUT2D eigenvalue weighted by Crippen LogP contribution is 2.46. The summed E-state index contributed by atoms with van der Waals surface area (Å²) < 4.78 is 16.3. The van der Waals surface area contributed by atoms with Crippen LogP contribution in [0, 0.1) is 5.92 Å². The second-order valence-corrected chi connectivity index (χ2v) is 8.23. The van der Waals surface area contributed by atoms with Gasteiger partial charge in [0.25, 0.3) is 0 Å². The topological polar surface area (TPSA) is 85.4 Å². The summed E-state index contributed by atoms with van der Waals surface area (Å²) in [7, 11) is 2.86. The third kappa shape index (κ3) is 3.52. The lowest BCUT2D eigenvalue weighted by Crippen LogP contribution is -2.61. The lowest BCUT2D eigenvalue weighted by molar-refractivity contribution is -0.136. The van der Waals surface area contributed by atoms with Crippen molar-refractivity contribution in [3.05, 3.63) is 83.9 Å². The molecule has 2 heterocycles. The van der Waals surface area contributed by atoms with E-state index in [2.05, 4.69) is 0 Å². The van der Waals surface area contributed by atoms with Gasteiger partial charge >= 0.3 is 5.97 Å². The number of esters is 1. The van der Waals surface area contributed by atoms with E-state index >= 15 is 0 Å². The summed E-state index contributed by atoms with van der Waals surface area (Å²) >= 11 is 5.63. The number of benzene rings is 3. The second kappa shape index (κ2) is 8.84. The van der Waals surface area contributed by atoms with Crippen molar-refractivity contribution >= 4 is 46.5 Å². The second-order valence-electron chi connectivity index (χ2n) is 7.87. The zero-order chi connectivity index (χ0) is 24.7. The summed E-state index contributed by atoms with van der Waals surface area (Å²) in [6.45, 7) is 0. The Morgan fingerprint density at radius 3 is 1.80 bits per heavy atom. The predicted molar refractivity (Wildman–Crippen MR) is 132 cm³/mol. The van der Waals surface area contributed by atoms with Crippen LogP contribution in [-0.4, -0.2) is 37.1 Å². The van der Waals surface area contributed by atoms with E-state index in [-0.39, 0.29) is 16.4 Å². The Hall–Kier alpha value is -4.24. The quantitative estimate of drug-likeness (QED) is 0.306. The van der Waals surface area contributed by atoms with Crippen molar-refractivity contribution < 1.29 is 28.6 Å². The first-order valence-electron chi connectivity index (χ1n) is 10.8. The van der Waals surface area contributed by atoms with E-state index in [4.69, 9.17) is 26.4 Å². The Kier molecular flexibility index (Phi) is 5.70. The van der Waals surface area contributed by atoms with Crippen LogP contribution in [-0.2, 0) is 14.3 Å². The molecule has 0 radical (unpaired) electrons. The fourth-order valence-corrected chi connectivity index (χ4v) is 4.83. The number of thiocarbonyl (C=S) groups is 1. The van der Waals surface area contributed by atoms with E-state index in [9.17, 15) is 14.4 Å². The monoisotopic (exact) mass is 488 g/mol. The van der Waals surface area contributed by atoms with Gasteiger partial charge in [0.1, 0.15) is 11.7 Å². The van der Waals surface area contributed by atoms with Crippen molar-refractivity contribution in [1.82, 2.24) is 0 Å². The van der Waals surface area contributed by atoms with Crippen LogP contribution in [0.3, 0.4) is 0 Å². The van der Waals surface area contributed by atoms with Crippen LogP contribution in [0.5, 0.6) is 11.5 Å². The number of hydrogen-bond donors (Lipinski definition) is 0. The maximum Gasteiger partial charge on any atom is 0.343 e. The molecule has 0 unspecified atom stereocenters. The molecule has 1 saturated heterocycles. The number of cyclic esters (lactones) is 1. The molecule has 8 nitrogen and oxygen atoms in total. The normalized spacial score (nSPS) is 17.9. The molecule has 5 rings (SSSR count). The lowest BCUT2D eigenvalue weighted by Gasteiger charge is -2.40. The van der Waals surface area contributed by atoms with Gasteiger partial charge in [0.05, 0.1) is 25.6 Å². The highest BCUT2D eigenvalue weighted by molar-refractivity contribution is 7.81. The molecule has 0 saturated carbocycles. The largest absolute Gasteiger partial charge is 0.493 e. The van der Waals surface area contributed by atoms with Gasteiger partial charge in [0.2, 0.25) is 11.8 Å². The van der Waals surface area contributed by atoms with Gasteiger partial charge in [0.15, 0.2) is 22.5 Å².